The Balaban J connectivity index is 1.29. The van der Waals surface area contributed by atoms with Crippen molar-refractivity contribution in [3.8, 4) is 0 Å². The highest BCUT2D eigenvalue weighted by molar-refractivity contribution is 8.00. The first kappa shape index (κ1) is 24.7. The van der Waals surface area contributed by atoms with Crippen molar-refractivity contribution >= 4 is 21.6 Å². The van der Waals surface area contributed by atoms with E-state index in [9.17, 15) is 14.1 Å². The Bertz CT molecular complexity index is 1060. The predicted molar refractivity (Wildman–Crippen MR) is 139 cm³/mol. The van der Waals surface area contributed by atoms with Crippen molar-refractivity contribution in [1.29, 1.82) is 0 Å². The average molecular weight is 496 g/mol. The van der Waals surface area contributed by atoms with E-state index in [0.717, 1.165) is 75.0 Å². The molecule has 2 aromatic carbocycles. The van der Waals surface area contributed by atoms with E-state index >= 15 is 0 Å². The SMILES string of the molecule is CCc1ccc(N(CC(=O)S(=O)c2ccc3c(c2)C(O)CC(C2CCOCC2)C3)C2CCC2)cc1. The van der Waals surface area contributed by atoms with Gasteiger partial charge in [-0.3, -0.25) is 4.79 Å². The maximum absolute atomic E-state index is 13.3. The average Bonchev–Trinajstić information content (AvgIpc) is 2.87. The minimum atomic E-state index is -1.76. The van der Waals surface area contributed by atoms with Crippen LogP contribution in [-0.2, 0) is 33.2 Å². The van der Waals surface area contributed by atoms with Crippen LogP contribution in [0, 0.1) is 11.8 Å². The van der Waals surface area contributed by atoms with Crippen molar-refractivity contribution in [2.24, 2.45) is 11.8 Å². The minimum Gasteiger partial charge on any atom is -0.388 e. The van der Waals surface area contributed by atoms with Gasteiger partial charge in [0.05, 0.1) is 12.6 Å². The first-order valence-electron chi connectivity index (χ1n) is 13.2. The fourth-order valence-corrected chi connectivity index (χ4v) is 6.84. The lowest BCUT2D eigenvalue weighted by Crippen LogP contribution is -2.44. The highest BCUT2D eigenvalue weighted by Gasteiger charge is 2.33. The maximum atomic E-state index is 13.3. The van der Waals surface area contributed by atoms with Gasteiger partial charge in [-0.2, -0.15) is 0 Å². The number of aliphatic hydroxyl groups is 1. The van der Waals surface area contributed by atoms with Crippen molar-refractivity contribution in [2.45, 2.75) is 75.3 Å². The molecule has 2 aromatic rings. The van der Waals surface area contributed by atoms with E-state index in [2.05, 4.69) is 36.1 Å². The smallest absolute Gasteiger partial charge is 0.242 e. The van der Waals surface area contributed by atoms with Crippen LogP contribution in [0.1, 0.15) is 68.2 Å². The summed E-state index contributed by atoms with van der Waals surface area (Å²) in [6, 6.07) is 14.3. The normalized spacial score (nSPS) is 23.8. The van der Waals surface area contributed by atoms with Crippen molar-refractivity contribution in [3.05, 3.63) is 59.2 Å². The van der Waals surface area contributed by atoms with E-state index in [1.807, 2.05) is 18.2 Å². The Morgan fingerprint density at radius 1 is 1.06 bits per heavy atom. The Hall–Kier alpha value is -2.02. The number of benzene rings is 2. The molecule has 0 radical (unpaired) electrons. The third-order valence-electron chi connectivity index (χ3n) is 8.33. The monoisotopic (exact) mass is 495 g/mol. The van der Waals surface area contributed by atoms with Crippen LogP contribution in [0.3, 0.4) is 0 Å². The quantitative estimate of drug-likeness (QED) is 0.588. The van der Waals surface area contributed by atoms with E-state index in [0.29, 0.717) is 22.8 Å². The zero-order valence-electron chi connectivity index (χ0n) is 20.7. The molecule has 3 atom stereocenters. The number of ether oxygens (including phenoxy) is 1. The summed E-state index contributed by atoms with van der Waals surface area (Å²) in [5, 5.41) is 10.7. The molecule has 0 bridgehead atoms. The van der Waals surface area contributed by atoms with Crippen LogP contribution in [0.15, 0.2) is 47.4 Å². The molecule has 5 rings (SSSR count). The molecule has 0 spiro atoms. The summed E-state index contributed by atoms with van der Waals surface area (Å²) in [5.41, 5.74) is 4.26. The fourth-order valence-electron chi connectivity index (χ4n) is 5.89. The summed E-state index contributed by atoms with van der Waals surface area (Å²) in [6.07, 6.45) is 7.48. The molecule has 0 amide bonds. The van der Waals surface area contributed by atoms with Crippen molar-refractivity contribution in [3.63, 3.8) is 0 Å². The van der Waals surface area contributed by atoms with E-state index in [1.54, 1.807) is 0 Å². The Morgan fingerprint density at radius 2 is 1.80 bits per heavy atom. The Morgan fingerprint density at radius 3 is 2.46 bits per heavy atom. The van der Waals surface area contributed by atoms with Crippen LogP contribution in [0.4, 0.5) is 5.69 Å². The number of aliphatic hydroxyl groups excluding tert-OH is 1. The molecule has 188 valence electrons. The molecule has 6 heteroatoms. The second-order valence-corrected chi connectivity index (χ2v) is 11.9. The van der Waals surface area contributed by atoms with Gasteiger partial charge >= 0.3 is 0 Å². The second-order valence-electron chi connectivity index (χ2n) is 10.4. The first-order valence-corrected chi connectivity index (χ1v) is 14.4. The van der Waals surface area contributed by atoms with Crippen molar-refractivity contribution < 1.29 is 18.8 Å². The number of hydrogen-bond donors (Lipinski definition) is 1. The van der Waals surface area contributed by atoms with E-state index < -0.39 is 16.9 Å². The minimum absolute atomic E-state index is 0.147. The lowest BCUT2D eigenvalue weighted by molar-refractivity contribution is -0.110. The number of fused-ring (bicyclic) bond motifs is 1. The van der Waals surface area contributed by atoms with E-state index in [4.69, 9.17) is 4.74 Å². The Labute approximate surface area is 211 Å². The molecule has 5 nitrogen and oxygen atoms in total. The molecule has 2 aliphatic carbocycles. The van der Waals surface area contributed by atoms with Crippen LogP contribution in [0.2, 0.25) is 0 Å². The molecule has 2 fully saturated rings. The second kappa shape index (κ2) is 10.9. The van der Waals surface area contributed by atoms with E-state index in [1.165, 1.54) is 12.0 Å². The standard InChI is InChI=1S/C29H37NO4S/c1-2-20-6-9-25(10-7-20)30(24-4-3-5-24)19-29(32)35(33)26-11-8-22-16-23(17-28(31)27(22)18-26)21-12-14-34-15-13-21/h6-11,18,21,23-24,28,31H,2-5,12-17,19H2,1H3. The molecule has 1 aliphatic heterocycles. The van der Waals surface area contributed by atoms with Gasteiger partial charge in [0.2, 0.25) is 5.12 Å². The largest absolute Gasteiger partial charge is 0.388 e. The summed E-state index contributed by atoms with van der Waals surface area (Å²) < 4.78 is 18.8. The van der Waals surface area contributed by atoms with Crippen LogP contribution in [0.5, 0.6) is 0 Å². The number of anilines is 1. The summed E-state index contributed by atoms with van der Waals surface area (Å²) in [4.78, 5) is 15.8. The zero-order chi connectivity index (χ0) is 24.4. The molecular weight excluding hydrogens is 458 g/mol. The number of nitrogens with zero attached hydrogens (tertiary/aromatic N) is 1. The third-order valence-corrected chi connectivity index (χ3v) is 9.55. The maximum Gasteiger partial charge on any atom is 0.242 e. The van der Waals surface area contributed by atoms with E-state index in [-0.39, 0.29) is 11.7 Å². The van der Waals surface area contributed by atoms with Gasteiger partial charge in [-0.05, 0) is 104 Å². The Kier molecular flexibility index (Phi) is 7.71. The van der Waals surface area contributed by atoms with Crippen LogP contribution in [-0.4, -0.2) is 40.2 Å². The lowest BCUT2D eigenvalue weighted by Gasteiger charge is -2.38. The van der Waals surface area contributed by atoms with Gasteiger partial charge in [-0.1, -0.05) is 25.1 Å². The van der Waals surface area contributed by atoms with Crippen LogP contribution >= 0.6 is 0 Å². The molecule has 1 heterocycles. The summed E-state index contributed by atoms with van der Waals surface area (Å²) in [5.74, 6) is 1.04. The lowest BCUT2D eigenvalue weighted by atomic mass is 9.73. The van der Waals surface area contributed by atoms with Gasteiger partial charge in [0.15, 0.2) is 0 Å². The number of rotatable bonds is 7. The molecule has 1 saturated heterocycles. The van der Waals surface area contributed by atoms with Gasteiger partial charge in [-0.15, -0.1) is 0 Å². The number of carbonyl (C=O) groups is 1. The summed E-state index contributed by atoms with van der Waals surface area (Å²) in [7, 11) is -1.76. The number of aryl methyl sites for hydroxylation is 1. The van der Waals surface area contributed by atoms with Crippen molar-refractivity contribution in [2.75, 3.05) is 24.7 Å². The van der Waals surface area contributed by atoms with Crippen LogP contribution < -0.4 is 4.90 Å². The van der Waals surface area contributed by atoms with Gasteiger partial charge in [0, 0.05) is 29.8 Å². The van der Waals surface area contributed by atoms with Gasteiger partial charge in [0.25, 0.3) is 0 Å². The van der Waals surface area contributed by atoms with Gasteiger partial charge < -0.3 is 14.7 Å². The number of hydrogen-bond acceptors (Lipinski definition) is 5. The molecule has 1 saturated carbocycles. The van der Waals surface area contributed by atoms with Crippen LogP contribution in [0.25, 0.3) is 0 Å². The molecule has 3 unspecified atom stereocenters. The van der Waals surface area contributed by atoms with Crippen molar-refractivity contribution in [1.82, 2.24) is 0 Å². The molecule has 0 aromatic heterocycles. The van der Waals surface area contributed by atoms with Gasteiger partial charge in [0.1, 0.15) is 10.8 Å². The summed E-state index contributed by atoms with van der Waals surface area (Å²) >= 11 is 0. The highest BCUT2D eigenvalue weighted by atomic mass is 32.2. The molecular formula is C29H37NO4S. The number of carbonyl (C=O) groups excluding carboxylic acids is 1. The first-order chi connectivity index (χ1) is 17.0. The third kappa shape index (κ3) is 5.40. The summed E-state index contributed by atoms with van der Waals surface area (Å²) in [6.45, 7) is 3.90. The molecule has 3 aliphatic rings. The zero-order valence-corrected chi connectivity index (χ0v) is 21.5. The molecule has 35 heavy (non-hydrogen) atoms. The van der Waals surface area contributed by atoms with Gasteiger partial charge in [-0.25, -0.2) is 4.21 Å². The fraction of sp³-hybridized carbons (Fsp3) is 0.552. The predicted octanol–water partition coefficient (Wildman–Crippen LogP) is 4.96. The highest BCUT2D eigenvalue weighted by Crippen LogP contribution is 2.40. The molecule has 1 N–H and O–H groups in total. The topological polar surface area (TPSA) is 66.8 Å².